The molecule has 1 fully saturated rings. The maximum atomic E-state index is 12.6. The highest BCUT2D eigenvalue weighted by Gasteiger charge is 2.35. The largest absolute Gasteiger partial charge is 0.325 e. The summed E-state index contributed by atoms with van der Waals surface area (Å²) in [6.07, 6.45) is 0. The Morgan fingerprint density at radius 1 is 1.23 bits per heavy atom. The Labute approximate surface area is 162 Å². The number of thioether (sulfide) groups is 1. The summed E-state index contributed by atoms with van der Waals surface area (Å²) in [7, 11) is 0. The van der Waals surface area contributed by atoms with Gasteiger partial charge in [-0.2, -0.15) is 0 Å². The molecule has 3 rings (SSSR count). The topological polar surface area (TPSA) is 49.4 Å². The minimum atomic E-state index is -0.239. The van der Waals surface area contributed by atoms with Crippen molar-refractivity contribution < 1.29 is 9.59 Å². The molecule has 1 N–H and O–H groups in total. The highest BCUT2D eigenvalue weighted by molar-refractivity contribution is 8.00. The van der Waals surface area contributed by atoms with E-state index in [0.717, 1.165) is 11.3 Å². The van der Waals surface area contributed by atoms with Crippen LogP contribution in [0.25, 0.3) is 0 Å². The summed E-state index contributed by atoms with van der Waals surface area (Å²) in [5.74, 6) is 0.597. The van der Waals surface area contributed by atoms with E-state index in [4.69, 9.17) is 11.6 Å². The second-order valence-electron chi connectivity index (χ2n) is 6.44. The number of carbonyl (C=O) groups excluding carboxylic acids is 2. The van der Waals surface area contributed by atoms with Crippen molar-refractivity contribution in [2.45, 2.75) is 25.1 Å². The third-order valence-electron chi connectivity index (χ3n) is 4.29. The van der Waals surface area contributed by atoms with Crippen LogP contribution in [0.1, 0.15) is 36.3 Å². The van der Waals surface area contributed by atoms with Gasteiger partial charge in [-0.1, -0.05) is 44.2 Å². The van der Waals surface area contributed by atoms with Gasteiger partial charge in [-0.05, 0) is 35.2 Å². The molecule has 0 spiro atoms. The number of nitrogens with one attached hydrogen (secondary N) is 1. The molecule has 1 aliphatic heterocycles. The van der Waals surface area contributed by atoms with E-state index in [1.165, 1.54) is 5.56 Å². The number of hydrogen-bond donors (Lipinski definition) is 1. The first kappa shape index (κ1) is 18.8. The van der Waals surface area contributed by atoms with Gasteiger partial charge >= 0.3 is 0 Å². The number of halogens is 1. The molecular weight excluding hydrogens is 368 g/mol. The zero-order valence-corrected chi connectivity index (χ0v) is 16.3. The molecule has 1 saturated heterocycles. The van der Waals surface area contributed by atoms with Crippen molar-refractivity contribution >= 4 is 46.6 Å². The fourth-order valence-corrected chi connectivity index (χ4v) is 4.29. The van der Waals surface area contributed by atoms with Gasteiger partial charge in [0.25, 0.3) is 0 Å². The van der Waals surface area contributed by atoms with Crippen LogP contribution in [0.15, 0.2) is 48.5 Å². The van der Waals surface area contributed by atoms with E-state index in [1.54, 1.807) is 11.8 Å². The molecule has 1 aliphatic rings. The number of alkyl halides is 1. The summed E-state index contributed by atoms with van der Waals surface area (Å²) in [5.41, 5.74) is 3.87. The van der Waals surface area contributed by atoms with Crippen molar-refractivity contribution in [3.05, 3.63) is 59.7 Å². The van der Waals surface area contributed by atoms with Gasteiger partial charge in [-0.15, -0.1) is 23.4 Å². The molecule has 136 valence electrons. The molecule has 0 radical (unpaired) electrons. The van der Waals surface area contributed by atoms with Gasteiger partial charge in [0, 0.05) is 11.4 Å². The van der Waals surface area contributed by atoms with Crippen LogP contribution in [0.4, 0.5) is 11.4 Å². The Morgan fingerprint density at radius 3 is 2.58 bits per heavy atom. The lowest BCUT2D eigenvalue weighted by atomic mass is 10.00. The number of para-hydroxylation sites is 1. The molecule has 0 saturated carbocycles. The number of nitrogens with zero attached hydrogens (tertiary/aromatic N) is 1. The summed E-state index contributed by atoms with van der Waals surface area (Å²) in [6.45, 7) is 4.27. The average Bonchev–Trinajstić information content (AvgIpc) is 3.03. The van der Waals surface area contributed by atoms with Gasteiger partial charge in [-0.25, -0.2) is 0 Å². The first-order valence-electron chi connectivity index (χ1n) is 8.49. The number of hydrogen-bond acceptors (Lipinski definition) is 3. The van der Waals surface area contributed by atoms with Gasteiger partial charge in [0.2, 0.25) is 11.8 Å². The normalized spacial score (nSPS) is 17.0. The molecule has 4 nitrogen and oxygen atoms in total. The Hall–Kier alpha value is -1.98. The Morgan fingerprint density at radius 2 is 1.92 bits per heavy atom. The Kier molecular flexibility index (Phi) is 5.89. The molecule has 0 bridgehead atoms. The molecule has 2 aromatic rings. The Balaban J connectivity index is 1.90. The number of carbonyl (C=O) groups is 2. The fraction of sp³-hybridized carbons (Fsp3) is 0.300. The van der Waals surface area contributed by atoms with Crippen LogP contribution in [-0.4, -0.2) is 23.4 Å². The lowest BCUT2D eigenvalue weighted by Gasteiger charge is -2.27. The molecule has 1 heterocycles. The molecule has 6 heteroatoms. The van der Waals surface area contributed by atoms with E-state index >= 15 is 0 Å². The van der Waals surface area contributed by atoms with Gasteiger partial charge in [0.1, 0.15) is 11.3 Å². The minimum absolute atomic E-state index is 0.0693. The van der Waals surface area contributed by atoms with E-state index in [9.17, 15) is 9.59 Å². The van der Waals surface area contributed by atoms with Crippen molar-refractivity contribution in [3.63, 3.8) is 0 Å². The second kappa shape index (κ2) is 8.14. The highest BCUT2D eigenvalue weighted by Crippen LogP contribution is 2.44. The molecular formula is C20H21ClN2O2S. The van der Waals surface area contributed by atoms with Crippen molar-refractivity contribution in [1.82, 2.24) is 0 Å². The molecule has 0 aromatic heterocycles. The van der Waals surface area contributed by atoms with Crippen LogP contribution in [0.2, 0.25) is 0 Å². The number of anilines is 2. The van der Waals surface area contributed by atoms with Gasteiger partial charge in [0.05, 0.1) is 5.75 Å². The van der Waals surface area contributed by atoms with Crippen LogP contribution < -0.4 is 10.2 Å². The second-order valence-corrected chi connectivity index (χ2v) is 7.78. The third-order valence-corrected chi connectivity index (χ3v) is 5.74. The SMILES string of the molecule is CC(C)c1ccccc1N1C(=O)CS[C@@H]1c1ccc(NC(=O)CCl)cc1. The van der Waals surface area contributed by atoms with Crippen LogP contribution in [-0.2, 0) is 9.59 Å². The summed E-state index contributed by atoms with van der Waals surface area (Å²) >= 11 is 7.14. The standard InChI is InChI=1S/C20H21ClN2O2S/c1-13(2)16-5-3-4-6-17(16)23-19(25)12-26-20(23)14-7-9-15(10-8-14)22-18(24)11-21/h3-10,13,20H,11-12H2,1-2H3,(H,22,24)/t20-/m1/s1. The zero-order chi connectivity index (χ0) is 18.7. The third kappa shape index (κ3) is 3.89. The van der Waals surface area contributed by atoms with E-state index < -0.39 is 0 Å². The summed E-state index contributed by atoms with van der Waals surface area (Å²) in [4.78, 5) is 25.9. The van der Waals surface area contributed by atoms with Crippen molar-refractivity contribution in [1.29, 1.82) is 0 Å². The lowest BCUT2D eigenvalue weighted by molar-refractivity contribution is -0.116. The molecule has 2 aromatic carbocycles. The van der Waals surface area contributed by atoms with Crippen LogP contribution in [0.5, 0.6) is 0 Å². The zero-order valence-electron chi connectivity index (χ0n) is 14.7. The maximum absolute atomic E-state index is 12.6. The van der Waals surface area contributed by atoms with Gasteiger partial charge in [0.15, 0.2) is 0 Å². The van der Waals surface area contributed by atoms with E-state index in [1.807, 2.05) is 47.4 Å². The van der Waals surface area contributed by atoms with E-state index in [-0.39, 0.29) is 23.1 Å². The monoisotopic (exact) mass is 388 g/mol. The van der Waals surface area contributed by atoms with E-state index in [0.29, 0.717) is 17.4 Å². The first-order valence-corrected chi connectivity index (χ1v) is 10.1. The maximum Gasteiger partial charge on any atom is 0.239 e. The first-order chi connectivity index (χ1) is 12.5. The predicted molar refractivity (Wildman–Crippen MR) is 109 cm³/mol. The molecule has 0 aliphatic carbocycles. The number of amides is 2. The van der Waals surface area contributed by atoms with Crippen LogP contribution >= 0.6 is 23.4 Å². The highest BCUT2D eigenvalue weighted by atomic mass is 35.5. The van der Waals surface area contributed by atoms with Crippen molar-refractivity contribution in [3.8, 4) is 0 Å². The van der Waals surface area contributed by atoms with E-state index in [2.05, 4.69) is 25.2 Å². The Bertz CT molecular complexity index is 808. The van der Waals surface area contributed by atoms with Gasteiger partial charge < -0.3 is 5.32 Å². The molecule has 2 amide bonds. The smallest absolute Gasteiger partial charge is 0.239 e. The van der Waals surface area contributed by atoms with Crippen molar-refractivity contribution in [2.75, 3.05) is 21.8 Å². The van der Waals surface area contributed by atoms with Gasteiger partial charge in [-0.3, -0.25) is 14.5 Å². The fourth-order valence-electron chi connectivity index (χ4n) is 3.05. The lowest BCUT2D eigenvalue weighted by Crippen LogP contribution is -2.29. The number of rotatable bonds is 5. The molecule has 1 atom stereocenters. The molecule has 26 heavy (non-hydrogen) atoms. The van der Waals surface area contributed by atoms with Crippen LogP contribution in [0.3, 0.4) is 0 Å². The van der Waals surface area contributed by atoms with Crippen LogP contribution in [0, 0.1) is 0 Å². The quantitative estimate of drug-likeness (QED) is 0.751. The average molecular weight is 389 g/mol. The number of benzene rings is 2. The summed E-state index contributed by atoms with van der Waals surface area (Å²) in [5, 5.41) is 2.66. The molecule has 0 unspecified atom stereocenters. The summed E-state index contributed by atoms with van der Waals surface area (Å²) in [6, 6.07) is 15.7. The predicted octanol–water partition coefficient (Wildman–Crippen LogP) is 4.77. The van der Waals surface area contributed by atoms with Crippen molar-refractivity contribution in [2.24, 2.45) is 0 Å². The minimum Gasteiger partial charge on any atom is -0.325 e. The summed E-state index contributed by atoms with van der Waals surface area (Å²) < 4.78 is 0.